The lowest BCUT2D eigenvalue weighted by Gasteiger charge is -1.99. The van der Waals surface area contributed by atoms with Gasteiger partial charge < -0.3 is 5.43 Å². The van der Waals surface area contributed by atoms with Gasteiger partial charge in [-0.05, 0) is 31.5 Å². The van der Waals surface area contributed by atoms with Crippen molar-refractivity contribution < 1.29 is 0 Å². The summed E-state index contributed by atoms with van der Waals surface area (Å²) in [6, 6.07) is 7.97. The first kappa shape index (κ1) is 8.81. The molecule has 0 atom stereocenters. The quantitative estimate of drug-likeness (QED) is 0.517. The van der Waals surface area contributed by atoms with Crippen LogP contribution < -0.4 is 11.3 Å². The molecule has 12 heavy (non-hydrogen) atoms. The molecule has 0 unspecified atom stereocenters. The Kier molecular flexibility index (Phi) is 2.88. The van der Waals surface area contributed by atoms with Gasteiger partial charge in [0.25, 0.3) is 0 Å². The zero-order chi connectivity index (χ0) is 8.97. The topological polar surface area (TPSA) is 38.0 Å². The number of nitrogens with two attached hydrogens (primary N) is 1. The van der Waals surface area contributed by atoms with Gasteiger partial charge in [0.1, 0.15) is 0 Å². The molecule has 0 aliphatic heterocycles. The molecule has 0 amide bonds. The van der Waals surface area contributed by atoms with Gasteiger partial charge in [-0.1, -0.05) is 23.8 Å². The molecule has 0 aromatic heterocycles. The number of rotatable bonds is 2. The molecular formula is C10H14N2. The van der Waals surface area contributed by atoms with E-state index in [1.807, 2.05) is 24.3 Å². The molecule has 2 nitrogen and oxygen atoms in total. The van der Waals surface area contributed by atoms with E-state index in [1.165, 1.54) is 11.1 Å². The lowest BCUT2D eigenvalue weighted by atomic mass is 10.1. The first-order valence-corrected chi connectivity index (χ1v) is 3.94. The highest BCUT2D eigenvalue weighted by atomic mass is 15.2. The van der Waals surface area contributed by atoms with Crippen molar-refractivity contribution in [2.75, 3.05) is 5.43 Å². The summed E-state index contributed by atoms with van der Waals surface area (Å²) in [7, 11) is 0. The van der Waals surface area contributed by atoms with Crippen molar-refractivity contribution in [2.45, 2.75) is 13.8 Å². The maximum Gasteiger partial charge on any atom is 0.0485 e. The lowest BCUT2D eigenvalue weighted by molar-refractivity contribution is 1.35. The van der Waals surface area contributed by atoms with Crippen LogP contribution in [0.2, 0.25) is 0 Å². The van der Waals surface area contributed by atoms with Crippen LogP contribution in [-0.4, -0.2) is 0 Å². The number of hydrazine groups is 1. The van der Waals surface area contributed by atoms with Crippen molar-refractivity contribution in [2.24, 2.45) is 5.84 Å². The second-order valence-corrected chi connectivity index (χ2v) is 2.99. The van der Waals surface area contributed by atoms with E-state index in [1.54, 1.807) is 0 Å². The third-order valence-electron chi connectivity index (χ3n) is 1.53. The SMILES string of the molecule is CC(C)=Cc1ccc(NN)cc1. The molecule has 0 saturated heterocycles. The monoisotopic (exact) mass is 162 g/mol. The number of benzene rings is 1. The summed E-state index contributed by atoms with van der Waals surface area (Å²) in [6.45, 7) is 4.16. The van der Waals surface area contributed by atoms with E-state index in [0.717, 1.165) is 5.69 Å². The van der Waals surface area contributed by atoms with Crippen LogP contribution in [0.5, 0.6) is 0 Å². The van der Waals surface area contributed by atoms with Crippen LogP contribution in [0, 0.1) is 0 Å². The highest BCUT2D eigenvalue weighted by Crippen LogP contribution is 2.10. The fraction of sp³-hybridized carbons (Fsp3) is 0.200. The molecule has 1 aromatic carbocycles. The molecule has 0 spiro atoms. The summed E-state index contributed by atoms with van der Waals surface area (Å²) in [5.74, 6) is 5.24. The fourth-order valence-corrected chi connectivity index (χ4v) is 1.01. The predicted octanol–water partition coefficient (Wildman–Crippen LogP) is 2.40. The zero-order valence-electron chi connectivity index (χ0n) is 7.46. The third-order valence-corrected chi connectivity index (χ3v) is 1.53. The molecule has 0 aliphatic carbocycles. The lowest BCUT2D eigenvalue weighted by Crippen LogP contribution is -2.05. The molecule has 2 heteroatoms. The van der Waals surface area contributed by atoms with E-state index < -0.39 is 0 Å². The highest BCUT2D eigenvalue weighted by Gasteiger charge is 1.88. The van der Waals surface area contributed by atoms with Gasteiger partial charge in [0.15, 0.2) is 0 Å². The number of hydrogen-bond donors (Lipinski definition) is 2. The molecule has 1 aromatic rings. The highest BCUT2D eigenvalue weighted by molar-refractivity contribution is 5.56. The van der Waals surface area contributed by atoms with Crippen molar-refractivity contribution >= 4 is 11.8 Å². The minimum absolute atomic E-state index is 0.931. The summed E-state index contributed by atoms with van der Waals surface area (Å²) >= 11 is 0. The van der Waals surface area contributed by atoms with Crippen LogP contribution in [0.15, 0.2) is 29.8 Å². The maximum atomic E-state index is 5.24. The van der Waals surface area contributed by atoms with Gasteiger partial charge in [-0.25, -0.2) is 0 Å². The second-order valence-electron chi connectivity index (χ2n) is 2.99. The summed E-state index contributed by atoms with van der Waals surface area (Å²) < 4.78 is 0. The van der Waals surface area contributed by atoms with E-state index >= 15 is 0 Å². The number of hydrogen-bond acceptors (Lipinski definition) is 2. The van der Waals surface area contributed by atoms with E-state index in [4.69, 9.17) is 5.84 Å². The first-order chi connectivity index (χ1) is 5.72. The first-order valence-electron chi connectivity index (χ1n) is 3.94. The van der Waals surface area contributed by atoms with E-state index in [2.05, 4.69) is 25.3 Å². The Morgan fingerprint density at radius 1 is 1.25 bits per heavy atom. The number of nitrogens with one attached hydrogen (secondary N) is 1. The zero-order valence-corrected chi connectivity index (χ0v) is 7.46. The fourth-order valence-electron chi connectivity index (χ4n) is 1.01. The summed E-state index contributed by atoms with van der Waals surface area (Å²) in [5, 5.41) is 0. The molecule has 64 valence electrons. The van der Waals surface area contributed by atoms with Gasteiger partial charge in [-0.3, -0.25) is 5.84 Å². The van der Waals surface area contributed by atoms with Crippen molar-refractivity contribution in [3.05, 3.63) is 35.4 Å². The number of nitrogen functional groups attached to an aromatic ring is 1. The van der Waals surface area contributed by atoms with Crippen molar-refractivity contribution in [3.63, 3.8) is 0 Å². The average Bonchev–Trinajstić information content (AvgIpc) is 2.05. The minimum Gasteiger partial charge on any atom is -0.324 e. The standard InChI is InChI=1S/C10H14N2/c1-8(2)7-9-3-5-10(12-11)6-4-9/h3-7,12H,11H2,1-2H3. The van der Waals surface area contributed by atoms with Gasteiger partial charge in [0.05, 0.1) is 0 Å². The Labute approximate surface area is 73.1 Å². The summed E-state index contributed by atoms with van der Waals surface area (Å²) in [5.41, 5.74) is 6.02. The van der Waals surface area contributed by atoms with Crippen LogP contribution in [-0.2, 0) is 0 Å². The normalized spacial score (nSPS) is 9.25. The van der Waals surface area contributed by atoms with Gasteiger partial charge in [0.2, 0.25) is 0 Å². The Morgan fingerprint density at radius 2 is 1.83 bits per heavy atom. The van der Waals surface area contributed by atoms with Crippen LogP contribution >= 0.6 is 0 Å². The number of allylic oxidation sites excluding steroid dienone is 1. The molecule has 0 fully saturated rings. The summed E-state index contributed by atoms with van der Waals surface area (Å²) in [4.78, 5) is 0. The molecule has 0 aliphatic rings. The van der Waals surface area contributed by atoms with Crippen molar-refractivity contribution in [1.82, 2.24) is 0 Å². The molecule has 3 N–H and O–H groups in total. The predicted molar refractivity (Wildman–Crippen MR) is 53.6 cm³/mol. The van der Waals surface area contributed by atoms with Crippen molar-refractivity contribution in [3.8, 4) is 0 Å². The van der Waals surface area contributed by atoms with Crippen LogP contribution in [0.25, 0.3) is 6.08 Å². The molecule has 0 bridgehead atoms. The van der Waals surface area contributed by atoms with Gasteiger partial charge in [0, 0.05) is 5.69 Å². The Balaban J connectivity index is 2.85. The van der Waals surface area contributed by atoms with E-state index in [-0.39, 0.29) is 0 Å². The molecular weight excluding hydrogens is 148 g/mol. The Bertz CT molecular complexity index is 268. The van der Waals surface area contributed by atoms with Gasteiger partial charge in [-0.15, -0.1) is 0 Å². The van der Waals surface area contributed by atoms with Crippen LogP contribution in [0.4, 0.5) is 5.69 Å². The molecule has 1 rings (SSSR count). The van der Waals surface area contributed by atoms with Gasteiger partial charge in [-0.2, -0.15) is 0 Å². The van der Waals surface area contributed by atoms with Gasteiger partial charge >= 0.3 is 0 Å². The molecule has 0 heterocycles. The average molecular weight is 162 g/mol. The largest absolute Gasteiger partial charge is 0.324 e. The number of anilines is 1. The second kappa shape index (κ2) is 3.93. The maximum absolute atomic E-state index is 5.24. The Hall–Kier alpha value is -1.28. The van der Waals surface area contributed by atoms with Crippen molar-refractivity contribution in [1.29, 1.82) is 0 Å². The van der Waals surface area contributed by atoms with Crippen LogP contribution in [0.3, 0.4) is 0 Å². The summed E-state index contributed by atoms with van der Waals surface area (Å²) in [6.07, 6.45) is 2.13. The molecule has 0 saturated carbocycles. The van der Waals surface area contributed by atoms with E-state index in [9.17, 15) is 0 Å². The minimum atomic E-state index is 0.931. The van der Waals surface area contributed by atoms with E-state index in [0.29, 0.717) is 0 Å². The van der Waals surface area contributed by atoms with Crippen LogP contribution in [0.1, 0.15) is 19.4 Å². The smallest absolute Gasteiger partial charge is 0.0485 e. The third kappa shape index (κ3) is 2.40. The molecule has 0 radical (unpaired) electrons. The Morgan fingerprint density at radius 3 is 2.25 bits per heavy atom.